The minimum absolute atomic E-state index is 0.101. The van der Waals surface area contributed by atoms with Gasteiger partial charge in [0.1, 0.15) is 17.6 Å². The summed E-state index contributed by atoms with van der Waals surface area (Å²) in [6, 6.07) is 4.91. The van der Waals surface area contributed by atoms with Crippen molar-refractivity contribution >= 4 is 11.9 Å². The van der Waals surface area contributed by atoms with E-state index in [0.717, 1.165) is 16.9 Å². The summed E-state index contributed by atoms with van der Waals surface area (Å²) in [5, 5.41) is 17.5. The zero-order chi connectivity index (χ0) is 18.8. The first kappa shape index (κ1) is 17.9. The van der Waals surface area contributed by atoms with Crippen molar-refractivity contribution in [2.45, 2.75) is 46.3 Å². The van der Waals surface area contributed by atoms with Gasteiger partial charge in [-0.15, -0.1) is 10.2 Å². The van der Waals surface area contributed by atoms with E-state index in [0.29, 0.717) is 11.6 Å². The number of rotatable bonds is 5. The Morgan fingerprint density at radius 3 is 2.73 bits per heavy atom. The van der Waals surface area contributed by atoms with Crippen LogP contribution in [0.4, 0.5) is 0 Å². The molecule has 8 heteroatoms. The highest BCUT2D eigenvalue weighted by molar-refractivity contribution is 5.84. The van der Waals surface area contributed by atoms with Gasteiger partial charge in [-0.3, -0.25) is 4.79 Å². The maximum absolute atomic E-state index is 12.6. The minimum Gasteiger partial charge on any atom is -0.493 e. The first-order valence-corrected chi connectivity index (χ1v) is 8.48. The molecule has 2 aromatic rings. The lowest BCUT2D eigenvalue weighted by molar-refractivity contribution is -0.153. The van der Waals surface area contributed by atoms with Crippen LogP contribution in [0.3, 0.4) is 0 Å². The normalized spacial score (nSPS) is 16.3. The van der Waals surface area contributed by atoms with Crippen LogP contribution in [-0.2, 0) is 22.7 Å². The third-order valence-corrected chi connectivity index (χ3v) is 4.57. The van der Waals surface area contributed by atoms with Gasteiger partial charge in [-0.1, -0.05) is 17.7 Å². The monoisotopic (exact) mass is 358 g/mol. The number of hydrogen-bond acceptors (Lipinski definition) is 5. The number of benzene rings is 1. The molecule has 0 aliphatic carbocycles. The van der Waals surface area contributed by atoms with E-state index in [1.54, 1.807) is 11.5 Å². The summed E-state index contributed by atoms with van der Waals surface area (Å²) in [5.74, 6) is 0.675. The van der Waals surface area contributed by atoms with Gasteiger partial charge in [0.15, 0.2) is 5.82 Å². The highest BCUT2D eigenvalue weighted by atomic mass is 16.5. The maximum Gasteiger partial charge on any atom is 0.328 e. The molecular formula is C18H22N4O4. The molecule has 1 atom stereocenters. The fourth-order valence-electron chi connectivity index (χ4n) is 3.14. The number of ether oxygens (including phenoxy) is 1. The largest absolute Gasteiger partial charge is 0.493 e. The second kappa shape index (κ2) is 7.15. The molecule has 0 radical (unpaired) electrons. The quantitative estimate of drug-likeness (QED) is 0.869. The topological polar surface area (TPSA) is 97.5 Å². The Morgan fingerprint density at radius 2 is 2.04 bits per heavy atom. The lowest BCUT2D eigenvalue weighted by Gasteiger charge is -2.33. The second-order valence-corrected chi connectivity index (χ2v) is 6.52. The molecule has 1 aromatic heterocycles. The Bertz CT molecular complexity index is 846. The highest BCUT2D eigenvalue weighted by Crippen LogP contribution is 2.21. The van der Waals surface area contributed by atoms with Crippen LogP contribution >= 0.6 is 0 Å². The van der Waals surface area contributed by atoms with Crippen molar-refractivity contribution in [3.05, 3.63) is 41.0 Å². The molecule has 0 fully saturated rings. The standard InChI is InChI=1S/C18H22N4O4/c1-11-4-5-15(12(2)8-11)26-7-6-17(23)22-10-16-20-19-13(3)21(16)9-14(22)18(24)25/h4-5,8,14H,6-7,9-10H2,1-3H3,(H,24,25). The van der Waals surface area contributed by atoms with Crippen LogP contribution < -0.4 is 4.74 Å². The van der Waals surface area contributed by atoms with Crippen LogP contribution in [0, 0.1) is 20.8 Å². The molecular weight excluding hydrogens is 336 g/mol. The third kappa shape index (κ3) is 3.54. The van der Waals surface area contributed by atoms with Gasteiger partial charge in [-0.25, -0.2) is 4.79 Å². The van der Waals surface area contributed by atoms with Crippen LogP contribution in [0.1, 0.15) is 29.2 Å². The molecule has 1 aliphatic rings. The number of fused-ring (bicyclic) bond motifs is 1. The van der Waals surface area contributed by atoms with E-state index in [-0.39, 0.29) is 32.0 Å². The van der Waals surface area contributed by atoms with E-state index in [1.807, 2.05) is 32.0 Å². The molecule has 0 saturated heterocycles. The van der Waals surface area contributed by atoms with Crippen molar-refractivity contribution in [1.29, 1.82) is 0 Å². The number of aliphatic carboxylic acids is 1. The molecule has 0 bridgehead atoms. The molecule has 2 heterocycles. The van der Waals surface area contributed by atoms with Crippen molar-refractivity contribution in [3.8, 4) is 5.75 Å². The number of carbonyl (C=O) groups excluding carboxylic acids is 1. The number of aryl methyl sites for hydroxylation is 3. The molecule has 138 valence electrons. The lowest BCUT2D eigenvalue weighted by Crippen LogP contribution is -2.51. The third-order valence-electron chi connectivity index (χ3n) is 4.57. The van der Waals surface area contributed by atoms with Gasteiger partial charge in [0, 0.05) is 0 Å². The fraction of sp³-hybridized carbons (Fsp3) is 0.444. The van der Waals surface area contributed by atoms with E-state index < -0.39 is 12.0 Å². The average Bonchev–Trinajstić information content (AvgIpc) is 2.96. The lowest BCUT2D eigenvalue weighted by atomic mass is 10.1. The smallest absolute Gasteiger partial charge is 0.328 e. The molecule has 3 rings (SSSR count). The van der Waals surface area contributed by atoms with E-state index in [2.05, 4.69) is 10.2 Å². The Balaban J connectivity index is 1.65. The zero-order valence-corrected chi connectivity index (χ0v) is 15.1. The second-order valence-electron chi connectivity index (χ2n) is 6.52. The van der Waals surface area contributed by atoms with Gasteiger partial charge >= 0.3 is 5.97 Å². The predicted molar refractivity (Wildman–Crippen MR) is 92.8 cm³/mol. The van der Waals surface area contributed by atoms with Crippen LogP contribution in [0.15, 0.2) is 18.2 Å². The van der Waals surface area contributed by atoms with Gasteiger partial charge in [0.25, 0.3) is 0 Å². The zero-order valence-electron chi connectivity index (χ0n) is 15.1. The summed E-state index contributed by atoms with van der Waals surface area (Å²) in [6.45, 7) is 6.21. The summed E-state index contributed by atoms with van der Waals surface area (Å²) in [6.07, 6.45) is 0.101. The van der Waals surface area contributed by atoms with E-state index >= 15 is 0 Å². The molecule has 1 aromatic carbocycles. The van der Waals surface area contributed by atoms with Crippen LogP contribution in [0.25, 0.3) is 0 Å². The highest BCUT2D eigenvalue weighted by Gasteiger charge is 2.36. The predicted octanol–water partition coefficient (Wildman–Crippen LogP) is 1.47. The van der Waals surface area contributed by atoms with Gasteiger partial charge in [-0.2, -0.15) is 0 Å². The summed E-state index contributed by atoms with van der Waals surface area (Å²) in [5.41, 5.74) is 2.14. The van der Waals surface area contributed by atoms with Gasteiger partial charge < -0.3 is 19.3 Å². The number of nitrogens with zero attached hydrogens (tertiary/aromatic N) is 4. The maximum atomic E-state index is 12.6. The number of aromatic nitrogens is 3. The SMILES string of the molecule is Cc1ccc(OCCC(=O)N2Cc3nnc(C)n3CC2C(=O)O)c(C)c1. The first-order chi connectivity index (χ1) is 12.4. The molecule has 1 unspecified atom stereocenters. The number of carboxylic acid groups (broad SMARTS) is 1. The number of carboxylic acids is 1. The van der Waals surface area contributed by atoms with Gasteiger partial charge in [0.05, 0.1) is 26.1 Å². The molecule has 1 N–H and O–H groups in total. The minimum atomic E-state index is -1.03. The fourth-order valence-corrected chi connectivity index (χ4v) is 3.14. The van der Waals surface area contributed by atoms with Crippen molar-refractivity contribution in [3.63, 3.8) is 0 Å². The van der Waals surface area contributed by atoms with Crippen molar-refractivity contribution < 1.29 is 19.4 Å². The summed E-state index contributed by atoms with van der Waals surface area (Å²) in [7, 11) is 0. The van der Waals surface area contributed by atoms with Gasteiger partial charge in [0.2, 0.25) is 5.91 Å². The van der Waals surface area contributed by atoms with Crippen molar-refractivity contribution in [1.82, 2.24) is 19.7 Å². The summed E-state index contributed by atoms with van der Waals surface area (Å²) in [4.78, 5) is 25.5. The van der Waals surface area contributed by atoms with E-state index in [1.165, 1.54) is 4.90 Å². The Kier molecular flexibility index (Phi) is 4.92. The Hall–Kier alpha value is -2.90. The molecule has 8 nitrogen and oxygen atoms in total. The summed E-state index contributed by atoms with van der Waals surface area (Å²) < 4.78 is 7.44. The summed E-state index contributed by atoms with van der Waals surface area (Å²) >= 11 is 0. The van der Waals surface area contributed by atoms with E-state index in [4.69, 9.17) is 4.74 Å². The van der Waals surface area contributed by atoms with Gasteiger partial charge in [-0.05, 0) is 32.4 Å². The van der Waals surface area contributed by atoms with Crippen LogP contribution in [0.5, 0.6) is 5.75 Å². The van der Waals surface area contributed by atoms with Crippen molar-refractivity contribution in [2.75, 3.05) is 6.61 Å². The molecule has 1 amide bonds. The molecule has 1 aliphatic heterocycles. The number of carbonyl (C=O) groups is 2. The molecule has 0 spiro atoms. The first-order valence-electron chi connectivity index (χ1n) is 8.48. The van der Waals surface area contributed by atoms with Crippen molar-refractivity contribution in [2.24, 2.45) is 0 Å². The number of amides is 1. The molecule has 26 heavy (non-hydrogen) atoms. The Labute approximate surface area is 151 Å². The number of hydrogen-bond donors (Lipinski definition) is 1. The average molecular weight is 358 g/mol. The molecule has 0 saturated carbocycles. The van der Waals surface area contributed by atoms with E-state index in [9.17, 15) is 14.7 Å². The Morgan fingerprint density at radius 1 is 1.27 bits per heavy atom. The van der Waals surface area contributed by atoms with Crippen LogP contribution in [-0.4, -0.2) is 49.3 Å². The van der Waals surface area contributed by atoms with Crippen LogP contribution in [0.2, 0.25) is 0 Å².